The number of furan rings is 1. The van der Waals surface area contributed by atoms with E-state index >= 15 is 0 Å². The molecule has 0 atom stereocenters. The van der Waals surface area contributed by atoms with Crippen molar-refractivity contribution < 1.29 is 4.42 Å². The van der Waals surface area contributed by atoms with E-state index in [1.165, 1.54) is 116 Å². The minimum Gasteiger partial charge on any atom is -0.454 e. The lowest BCUT2D eigenvalue weighted by Gasteiger charge is -2.16. The van der Waals surface area contributed by atoms with Crippen molar-refractivity contribution in [2.24, 2.45) is 0 Å². The number of rotatable bonds is 10. The fourth-order valence-electron chi connectivity index (χ4n) is 21.8. The highest BCUT2D eigenvalue weighted by atomic mass is 32.1. The van der Waals surface area contributed by atoms with Crippen LogP contribution in [0.2, 0.25) is 0 Å². The van der Waals surface area contributed by atoms with E-state index in [1.54, 1.807) is 34.0 Å². The van der Waals surface area contributed by atoms with E-state index in [4.69, 9.17) is 34.3 Å². The van der Waals surface area contributed by atoms with Crippen LogP contribution in [0, 0.1) is 0 Å². The third-order valence-electron chi connectivity index (χ3n) is 27.9. The number of nitrogens with zero attached hydrogens (tertiary/aromatic N) is 10. The van der Waals surface area contributed by atoms with Gasteiger partial charge in [-0.2, -0.15) is 0 Å². The molecule has 0 saturated carbocycles. The second-order valence-electron chi connectivity index (χ2n) is 35.6. The van der Waals surface area contributed by atoms with Crippen LogP contribution < -0.4 is 0 Å². The molecule has 0 aliphatic rings. The molecule has 12 heterocycles. The van der Waals surface area contributed by atoms with Crippen molar-refractivity contribution in [3.8, 4) is 90.7 Å². The van der Waals surface area contributed by atoms with Gasteiger partial charge in [-0.3, -0.25) is 0 Å². The first kappa shape index (κ1) is 80.6. The van der Waals surface area contributed by atoms with Gasteiger partial charge in [-0.1, -0.05) is 358 Å². The Labute approximate surface area is 821 Å². The topological polar surface area (TPSA) is 110 Å². The Morgan fingerprint density at radius 1 is 0.191 bits per heavy atom. The molecule has 0 unspecified atom stereocenters. The Morgan fingerprint density at radius 3 is 0.908 bits per heavy atom. The molecule has 0 fully saturated rings. The molecule has 0 amide bonds. The van der Waals surface area contributed by atoms with Crippen molar-refractivity contribution in [2.75, 3.05) is 0 Å². The van der Waals surface area contributed by atoms with Gasteiger partial charge < -0.3 is 22.7 Å². The Kier molecular flexibility index (Phi) is 18.6. The molecule has 141 heavy (non-hydrogen) atoms. The summed E-state index contributed by atoms with van der Waals surface area (Å²) in [6.07, 6.45) is 0. The van der Waals surface area contributed by atoms with Crippen LogP contribution in [0.5, 0.6) is 0 Å². The van der Waals surface area contributed by atoms with Crippen LogP contribution in [0.15, 0.2) is 453 Å². The predicted molar refractivity (Wildman–Crippen MR) is 595 cm³/mol. The third kappa shape index (κ3) is 12.7. The molecule has 0 bridgehead atoms. The van der Waals surface area contributed by atoms with Crippen LogP contribution in [-0.4, -0.2) is 48.2 Å². The zero-order valence-electron chi connectivity index (χ0n) is 75.2. The van der Waals surface area contributed by atoms with Gasteiger partial charge in [0.15, 0.2) is 23.1 Å². The van der Waals surface area contributed by atoms with Gasteiger partial charge in [-0.25, -0.2) is 29.9 Å². The van der Waals surface area contributed by atoms with Gasteiger partial charge in [0.05, 0.1) is 83.0 Å². The van der Waals surface area contributed by atoms with Gasteiger partial charge in [0.1, 0.15) is 20.1 Å². The van der Waals surface area contributed by atoms with Crippen molar-refractivity contribution >= 4 is 236 Å². The summed E-state index contributed by atoms with van der Waals surface area (Å²) in [5.41, 5.74) is 24.5. The lowest BCUT2D eigenvalue weighted by atomic mass is 10.0. The lowest BCUT2D eigenvalue weighted by Crippen LogP contribution is -2.02. The molecule has 11 nitrogen and oxygen atoms in total. The molecule has 0 spiro atoms. The Hall–Kier alpha value is -17.7. The smallest absolute Gasteiger partial charge is 0.161 e. The van der Waals surface area contributed by atoms with E-state index < -0.39 is 0 Å². The van der Waals surface area contributed by atoms with E-state index in [1.807, 2.05) is 53.8 Å². The first-order chi connectivity index (χ1) is 70.0. The van der Waals surface area contributed by atoms with Crippen LogP contribution in [0.1, 0.15) is 0 Å². The van der Waals surface area contributed by atoms with Gasteiger partial charge in [0.2, 0.25) is 0 Å². The predicted octanol–water partition coefficient (Wildman–Crippen LogP) is 35.2. The molecular weight excluding hydrogens is 1800 g/mol. The van der Waals surface area contributed by atoms with Crippen LogP contribution in [0.3, 0.4) is 0 Å². The number of benzene rings is 19. The third-order valence-corrected chi connectivity index (χ3v) is 32.2. The monoisotopic (exact) mass is 1870 g/mol. The van der Waals surface area contributed by atoms with Gasteiger partial charge in [0, 0.05) is 155 Å². The normalized spacial score (nSPS) is 12.0. The number of hydrogen-bond acceptors (Lipinski definition) is 11. The van der Waals surface area contributed by atoms with Crippen LogP contribution >= 0.6 is 45.3 Å². The highest BCUT2D eigenvalue weighted by Gasteiger charge is 2.30. The van der Waals surface area contributed by atoms with Gasteiger partial charge >= 0.3 is 0 Å². The molecule has 31 rings (SSSR count). The van der Waals surface area contributed by atoms with E-state index in [2.05, 4.69) is 425 Å². The number of aromatic nitrogens is 10. The summed E-state index contributed by atoms with van der Waals surface area (Å²) >= 11 is 7.06. The van der Waals surface area contributed by atoms with Crippen LogP contribution in [0.4, 0.5) is 0 Å². The fourth-order valence-corrected chi connectivity index (χ4v) is 26.2. The molecule has 12 aromatic heterocycles. The standard InChI is InChI=1S/C46H28N4S.C40H23N3OS.C40H23N3S2/c1-3-15-29(16-4-1)45-47-42(41-36-22-10-14-26-40(36)51-46(41)48-45)35-21-9-13-25-39(35)50-38-24-12-8-20-32(38)34-28-27-33-31-19-7-11-23-37(31)49(43(33)44(34)50)30-17-5-2-6-18-30;2*1-2-12-24(13-3-1)39-41-36(35-30-17-7-11-21-34(30)45-40(35)42-39)29-16-5-9-19-32(29)43-31-18-8-4-14-25(31)27-22-23-28-26-15-6-10-20-33(26)44-38(28)37(27)43/h1-28H;2*1-23H. The number of para-hydroxylation sites is 9. The first-order valence-electron chi connectivity index (χ1n) is 47.2. The van der Waals surface area contributed by atoms with Gasteiger partial charge in [-0.05, 0) is 91.0 Å². The lowest BCUT2D eigenvalue weighted by molar-refractivity contribution is 0.671. The Balaban J connectivity index is 0.000000102. The minimum atomic E-state index is 0.723. The highest BCUT2D eigenvalue weighted by molar-refractivity contribution is 7.27. The quantitative estimate of drug-likeness (QED) is 0.134. The maximum atomic E-state index is 6.65. The van der Waals surface area contributed by atoms with Crippen molar-refractivity contribution in [1.29, 1.82) is 0 Å². The average Bonchev–Trinajstić information content (AvgIpc) is 1.49. The van der Waals surface area contributed by atoms with Gasteiger partial charge in [0.25, 0.3) is 0 Å². The summed E-state index contributed by atoms with van der Waals surface area (Å²) in [5, 5.41) is 21.4. The molecule has 0 N–H and O–H groups in total. The Morgan fingerprint density at radius 2 is 0.482 bits per heavy atom. The zero-order chi connectivity index (χ0) is 92.4. The highest BCUT2D eigenvalue weighted by Crippen LogP contribution is 2.52. The molecule has 19 aromatic carbocycles. The maximum Gasteiger partial charge on any atom is 0.161 e. The fraction of sp³-hybridized carbons (Fsp3) is 0. The van der Waals surface area contributed by atoms with Crippen molar-refractivity contribution in [3.63, 3.8) is 0 Å². The summed E-state index contributed by atoms with van der Waals surface area (Å²) in [7, 11) is 0. The molecule has 658 valence electrons. The molecule has 15 heteroatoms. The molecule has 0 radical (unpaired) electrons. The summed E-state index contributed by atoms with van der Waals surface area (Å²) in [6.45, 7) is 0. The number of fused-ring (bicyclic) bond motifs is 30. The van der Waals surface area contributed by atoms with Crippen LogP contribution in [0.25, 0.3) is 281 Å². The molecule has 0 saturated heterocycles. The second-order valence-corrected chi connectivity index (χ2v) is 39.8. The van der Waals surface area contributed by atoms with E-state index in [0.717, 1.165) is 165 Å². The largest absolute Gasteiger partial charge is 0.454 e. The molecule has 0 aliphatic carbocycles. The summed E-state index contributed by atoms with van der Waals surface area (Å²) in [6, 6.07) is 159. The number of hydrogen-bond donors (Lipinski definition) is 0. The van der Waals surface area contributed by atoms with Crippen molar-refractivity contribution in [2.45, 2.75) is 0 Å². The average molecular weight is 1870 g/mol. The van der Waals surface area contributed by atoms with Gasteiger partial charge in [-0.15, -0.1) is 45.3 Å². The van der Waals surface area contributed by atoms with E-state index in [9.17, 15) is 0 Å². The second kappa shape index (κ2) is 32.5. The maximum absolute atomic E-state index is 6.65. The first-order valence-corrected chi connectivity index (χ1v) is 50.5. The minimum absolute atomic E-state index is 0.723. The van der Waals surface area contributed by atoms with E-state index in [-0.39, 0.29) is 0 Å². The summed E-state index contributed by atoms with van der Waals surface area (Å²) < 4.78 is 22.6. The van der Waals surface area contributed by atoms with Crippen molar-refractivity contribution in [1.82, 2.24) is 48.2 Å². The zero-order valence-corrected chi connectivity index (χ0v) is 78.5. The number of thiophene rings is 4. The Bertz CT molecular complexity index is 10200. The summed E-state index contributed by atoms with van der Waals surface area (Å²) in [5.74, 6) is 2.20. The molecule has 31 aromatic rings. The molecular formula is C126H74N10OS4. The van der Waals surface area contributed by atoms with Crippen molar-refractivity contribution in [3.05, 3.63) is 449 Å². The SMILES string of the molecule is c1ccc(-c2nc(-c3ccccc3-n3c4ccccc4c4ccc5c6ccccc6n(-c6ccccc6)c5c43)c3c(n2)sc2ccccc23)cc1.c1ccc(-c2nc(-c3ccccc3-n3c4ccccc4c4ccc5c6ccccc6oc5c43)c3c(n2)sc2ccccc23)cc1.c1ccc(-c2nc(-c3ccccc3-n3c4ccccc4c4ccc5c6ccccc6sc5c43)c3c(n2)sc2ccccc23)cc1. The van der Waals surface area contributed by atoms with Crippen LogP contribution in [-0.2, 0) is 0 Å². The summed E-state index contributed by atoms with van der Waals surface area (Å²) in [4.78, 5) is 34.5. The van der Waals surface area contributed by atoms with E-state index in [0.29, 0.717) is 0 Å². The molecule has 0 aliphatic heterocycles.